The fourth-order valence-electron chi connectivity index (χ4n) is 7.90. The van der Waals surface area contributed by atoms with E-state index in [1.807, 2.05) is 6.08 Å². The molecule has 7 rings (SSSR count). The molecule has 6 unspecified atom stereocenters. The Bertz CT molecular complexity index is 1830. The number of halogens is 2. The van der Waals surface area contributed by atoms with Crippen LogP contribution in [0.25, 0.3) is 0 Å². The molecule has 10 nitrogen and oxygen atoms in total. The molecule has 230 valence electrons. The number of benzene rings is 2. The van der Waals surface area contributed by atoms with Gasteiger partial charge < -0.3 is 19.6 Å². The molecule has 45 heavy (non-hydrogen) atoms. The van der Waals surface area contributed by atoms with Gasteiger partial charge in [0.15, 0.2) is 0 Å². The zero-order valence-electron chi connectivity index (χ0n) is 23.9. The Morgan fingerprint density at radius 1 is 0.978 bits per heavy atom. The van der Waals surface area contributed by atoms with E-state index < -0.39 is 78.2 Å². The lowest BCUT2D eigenvalue weighted by molar-refractivity contribution is -0.131. The highest BCUT2D eigenvalue weighted by Gasteiger charge is 2.68. The molecule has 6 atom stereocenters. The van der Waals surface area contributed by atoms with E-state index >= 15 is 0 Å². The standard InChI is InChI=1S/C32H27BClFN2O8/c1-32-22(29(40)37(31(32)42)17-5-9-24(35)23(34)12-17)13-21-19(27(32)25-10-6-18(14-38)45-25)7-8-20-26(21)30(41)36(28(20)39)16-4-2-3-15(11-16)33(43)44/h2-7,9-12,20-22,26-27,38,43-44H,8,13-14H2,1H3. The Hall–Kier alpha value is -4.10. The van der Waals surface area contributed by atoms with Crippen molar-refractivity contribution in [3.63, 3.8) is 0 Å². The topological polar surface area (TPSA) is 149 Å². The first-order valence-corrected chi connectivity index (χ1v) is 14.9. The van der Waals surface area contributed by atoms with Crippen molar-refractivity contribution in [1.82, 2.24) is 0 Å². The minimum Gasteiger partial charge on any atom is -0.463 e. The van der Waals surface area contributed by atoms with Gasteiger partial charge in [-0.2, -0.15) is 0 Å². The Balaban J connectivity index is 1.34. The second-order valence-electron chi connectivity index (χ2n) is 12.2. The summed E-state index contributed by atoms with van der Waals surface area (Å²) in [6.07, 6.45) is 2.15. The number of nitrogens with zero attached hydrogens (tertiary/aromatic N) is 2. The Morgan fingerprint density at radius 3 is 2.42 bits per heavy atom. The quantitative estimate of drug-likeness (QED) is 0.221. The Labute approximate surface area is 261 Å². The van der Waals surface area contributed by atoms with Crippen molar-refractivity contribution in [2.75, 3.05) is 9.80 Å². The van der Waals surface area contributed by atoms with Gasteiger partial charge in [0.05, 0.1) is 45.5 Å². The van der Waals surface area contributed by atoms with Crippen molar-refractivity contribution in [3.8, 4) is 0 Å². The molecule has 4 amide bonds. The third-order valence-corrected chi connectivity index (χ3v) is 10.3. The van der Waals surface area contributed by atoms with Gasteiger partial charge in [0, 0.05) is 0 Å². The molecule has 0 spiro atoms. The molecule has 3 fully saturated rings. The molecule has 4 aliphatic rings. The highest BCUT2D eigenvalue weighted by Crippen LogP contribution is 2.63. The summed E-state index contributed by atoms with van der Waals surface area (Å²) in [7, 11) is -1.80. The fourth-order valence-corrected chi connectivity index (χ4v) is 8.08. The van der Waals surface area contributed by atoms with E-state index in [1.54, 1.807) is 19.1 Å². The van der Waals surface area contributed by atoms with Gasteiger partial charge in [-0.15, -0.1) is 0 Å². The number of aliphatic hydroxyl groups excluding tert-OH is 1. The first-order valence-electron chi connectivity index (χ1n) is 14.5. The molecule has 0 radical (unpaired) electrons. The van der Waals surface area contributed by atoms with Gasteiger partial charge >= 0.3 is 7.12 Å². The second-order valence-corrected chi connectivity index (χ2v) is 12.6. The number of furan rings is 1. The van der Waals surface area contributed by atoms with Gasteiger partial charge in [0.2, 0.25) is 23.6 Å². The zero-order chi connectivity index (χ0) is 31.9. The van der Waals surface area contributed by atoms with Crippen LogP contribution >= 0.6 is 11.6 Å². The van der Waals surface area contributed by atoms with Crippen LogP contribution in [-0.4, -0.2) is 45.9 Å². The number of fused-ring (bicyclic) bond motifs is 4. The maximum absolute atomic E-state index is 14.4. The van der Waals surface area contributed by atoms with Crippen LogP contribution in [0.5, 0.6) is 0 Å². The van der Waals surface area contributed by atoms with Crippen molar-refractivity contribution in [1.29, 1.82) is 0 Å². The van der Waals surface area contributed by atoms with Gasteiger partial charge in [-0.05, 0) is 73.6 Å². The van der Waals surface area contributed by atoms with Crippen LogP contribution < -0.4 is 15.3 Å². The summed E-state index contributed by atoms with van der Waals surface area (Å²) in [5, 5.41) is 28.8. The van der Waals surface area contributed by atoms with Crippen LogP contribution in [0.2, 0.25) is 5.02 Å². The molecule has 2 aliphatic heterocycles. The number of carbonyl (C=O) groups excluding carboxylic acids is 4. The lowest BCUT2D eigenvalue weighted by Gasteiger charge is -2.48. The minimum atomic E-state index is -1.80. The Kier molecular flexibility index (Phi) is 6.90. The molecule has 2 saturated heterocycles. The summed E-state index contributed by atoms with van der Waals surface area (Å²) in [5.41, 5.74) is -0.260. The van der Waals surface area contributed by atoms with E-state index in [9.17, 15) is 38.7 Å². The third-order valence-electron chi connectivity index (χ3n) is 9.99. The molecule has 2 aliphatic carbocycles. The average molecular weight is 633 g/mol. The summed E-state index contributed by atoms with van der Waals surface area (Å²) in [6, 6.07) is 12.7. The van der Waals surface area contributed by atoms with Gasteiger partial charge in [-0.25, -0.2) is 9.29 Å². The molecule has 13 heteroatoms. The van der Waals surface area contributed by atoms with Gasteiger partial charge in [-0.3, -0.25) is 24.1 Å². The van der Waals surface area contributed by atoms with Crippen LogP contribution in [-0.2, 0) is 25.8 Å². The van der Waals surface area contributed by atoms with Crippen molar-refractivity contribution in [3.05, 3.63) is 88.6 Å². The molecule has 2 aromatic carbocycles. The number of aliphatic hydroxyl groups is 1. The van der Waals surface area contributed by atoms with Gasteiger partial charge in [0.25, 0.3) is 0 Å². The van der Waals surface area contributed by atoms with E-state index in [1.165, 1.54) is 36.4 Å². The predicted octanol–water partition coefficient (Wildman–Crippen LogP) is 2.68. The van der Waals surface area contributed by atoms with Crippen LogP contribution in [0.15, 0.2) is 70.7 Å². The van der Waals surface area contributed by atoms with E-state index in [2.05, 4.69) is 0 Å². The first-order chi connectivity index (χ1) is 21.5. The van der Waals surface area contributed by atoms with Gasteiger partial charge in [0.1, 0.15) is 23.9 Å². The molecule has 1 aromatic heterocycles. The SMILES string of the molecule is CC12C(=O)N(c3ccc(F)c(Cl)c3)C(=O)C1CC1C(=CCC3C(=O)N(c4cccc(B(O)O)c4)C(=O)C31)C2c1ccc(CO)o1. The van der Waals surface area contributed by atoms with E-state index in [0.717, 1.165) is 15.9 Å². The number of hydrogen-bond acceptors (Lipinski definition) is 8. The van der Waals surface area contributed by atoms with Crippen LogP contribution in [0.1, 0.15) is 37.2 Å². The van der Waals surface area contributed by atoms with Crippen LogP contribution in [0, 0.1) is 34.9 Å². The highest BCUT2D eigenvalue weighted by atomic mass is 35.5. The molecule has 3 heterocycles. The number of hydrogen-bond donors (Lipinski definition) is 3. The minimum absolute atomic E-state index is 0.0891. The van der Waals surface area contributed by atoms with Crippen molar-refractivity contribution < 1.29 is 43.1 Å². The van der Waals surface area contributed by atoms with Crippen LogP contribution in [0.3, 0.4) is 0 Å². The monoisotopic (exact) mass is 632 g/mol. The van der Waals surface area contributed by atoms with E-state index in [-0.39, 0.29) is 40.5 Å². The summed E-state index contributed by atoms with van der Waals surface area (Å²) >= 11 is 6.03. The molecule has 3 aromatic rings. The summed E-state index contributed by atoms with van der Waals surface area (Å²) in [5.74, 6) is -6.07. The lowest BCUT2D eigenvalue weighted by atomic mass is 9.52. The maximum atomic E-state index is 14.4. The maximum Gasteiger partial charge on any atom is 0.488 e. The number of anilines is 2. The summed E-state index contributed by atoms with van der Waals surface area (Å²) in [4.78, 5) is 58.5. The Morgan fingerprint density at radius 2 is 1.73 bits per heavy atom. The third kappa shape index (κ3) is 4.20. The summed E-state index contributed by atoms with van der Waals surface area (Å²) in [6.45, 7) is 1.29. The normalized spacial score (nSPS) is 29.1. The van der Waals surface area contributed by atoms with E-state index in [0.29, 0.717) is 11.3 Å². The fraction of sp³-hybridized carbons (Fsp3) is 0.312. The van der Waals surface area contributed by atoms with Crippen molar-refractivity contribution >= 4 is 59.2 Å². The second kappa shape index (κ2) is 10.5. The number of allylic oxidation sites excluding steroid dienone is 2. The average Bonchev–Trinajstić information content (AvgIpc) is 3.65. The number of rotatable bonds is 5. The molecular formula is C32H27BClFN2O8. The zero-order valence-corrected chi connectivity index (χ0v) is 24.6. The van der Waals surface area contributed by atoms with Crippen molar-refractivity contribution in [2.24, 2.45) is 29.1 Å². The predicted molar refractivity (Wildman–Crippen MR) is 159 cm³/mol. The van der Waals surface area contributed by atoms with Crippen molar-refractivity contribution in [2.45, 2.75) is 32.3 Å². The number of amides is 4. The lowest BCUT2D eigenvalue weighted by Crippen LogP contribution is -2.48. The molecular weight excluding hydrogens is 606 g/mol. The molecule has 1 saturated carbocycles. The number of carbonyl (C=O) groups is 4. The number of imide groups is 2. The summed E-state index contributed by atoms with van der Waals surface area (Å²) < 4.78 is 20.0. The molecule has 0 bridgehead atoms. The largest absolute Gasteiger partial charge is 0.488 e. The highest BCUT2D eigenvalue weighted by molar-refractivity contribution is 6.58. The van der Waals surface area contributed by atoms with E-state index in [4.69, 9.17) is 16.0 Å². The smallest absolute Gasteiger partial charge is 0.463 e. The molecule has 3 N–H and O–H groups in total. The van der Waals surface area contributed by atoms with Crippen LogP contribution in [0.4, 0.5) is 15.8 Å². The van der Waals surface area contributed by atoms with Gasteiger partial charge in [-0.1, -0.05) is 35.4 Å². The first kappa shape index (κ1) is 29.6.